The Bertz CT molecular complexity index is 475. The first-order valence-corrected chi connectivity index (χ1v) is 6.03. The largest absolute Gasteiger partial charge is 0.494 e. The second-order valence-corrected chi connectivity index (χ2v) is 4.04. The predicted octanol–water partition coefficient (Wildman–Crippen LogP) is 2.64. The number of hydrogen-bond acceptors (Lipinski definition) is 3. The van der Waals surface area contributed by atoms with E-state index in [9.17, 15) is 0 Å². The molecule has 1 aromatic rings. The smallest absolute Gasteiger partial charge is 0.119 e. The van der Waals surface area contributed by atoms with Crippen molar-refractivity contribution in [1.82, 2.24) is 0 Å². The quantitative estimate of drug-likeness (QED) is 0.641. The molecule has 1 aliphatic carbocycles. The topological polar surface area (TPSA) is 47.6 Å². The lowest BCUT2D eigenvalue weighted by molar-refractivity contribution is 0.340. The van der Waals surface area contributed by atoms with Crippen molar-refractivity contribution in [3.63, 3.8) is 0 Å². The van der Waals surface area contributed by atoms with Crippen LogP contribution in [0.3, 0.4) is 0 Å². The van der Waals surface area contributed by atoms with E-state index in [1.807, 2.05) is 19.1 Å². The molecule has 17 heavy (non-hydrogen) atoms. The monoisotopic (exact) mass is 230 g/mol. The van der Waals surface area contributed by atoms with Crippen LogP contribution in [0.5, 0.6) is 5.75 Å². The summed E-state index contributed by atoms with van der Waals surface area (Å²) in [5, 5.41) is 3.91. The van der Waals surface area contributed by atoms with Gasteiger partial charge in [-0.05, 0) is 42.7 Å². The van der Waals surface area contributed by atoms with Gasteiger partial charge in [-0.2, -0.15) is 5.10 Å². The maximum atomic E-state index is 5.50. The van der Waals surface area contributed by atoms with Crippen LogP contribution in [-0.2, 0) is 6.42 Å². The van der Waals surface area contributed by atoms with E-state index in [1.165, 1.54) is 11.1 Å². The summed E-state index contributed by atoms with van der Waals surface area (Å²) >= 11 is 0. The average molecular weight is 230 g/mol. The molecule has 3 heteroatoms. The van der Waals surface area contributed by atoms with Gasteiger partial charge in [0.1, 0.15) is 5.75 Å². The van der Waals surface area contributed by atoms with Gasteiger partial charge in [0.25, 0.3) is 0 Å². The number of ether oxygens (including phenoxy) is 1. The lowest BCUT2D eigenvalue weighted by atomic mass is 10.1. The van der Waals surface area contributed by atoms with Crippen molar-refractivity contribution < 1.29 is 4.74 Å². The van der Waals surface area contributed by atoms with Crippen molar-refractivity contribution in [3.8, 4) is 5.75 Å². The molecule has 0 unspecified atom stereocenters. The molecule has 0 radical (unpaired) electrons. The highest BCUT2D eigenvalue weighted by Gasteiger charge is 2.22. The predicted molar refractivity (Wildman–Crippen MR) is 70.4 cm³/mol. The molecule has 90 valence electrons. The zero-order valence-corrected chi connectivity index (χ0v) is 10.4. The lowest BCUT2D eigenvalue weighted by Crippen LogP contribution is -2.02. The first-order chi connectivity index (χ1) is 8.30. The van der Waals surface area contributed by atoms with Crippen molar-refractivity contribution >= 4 is 5.71 Å². The van der Waals surface area contributed by atoms with Crippen molar-refractivity contribution in [2.75, 3.05) is 6.61 Å². The van der Waals surface area contributed by atoms with Gasteiger partial charge >= 0.3 is 0 Å². The third-order valence-corrected chi connectivity index (χ3v) is 2.91. The van der Waals surface area contributed by atoms with Crippen LogP contribution in [0.25, 0.3) is 0 Å². The van der Waals surface area contributed by atoms with Gasteiger partial charge in [0, 0.05) is 12.0 Å². The van der Waals surface area contributed by atoms with Gasteiger partial charge in [-0.3, -0.25) is 0 Å². The minimum absolute atomic E-state index is 0.689. The van der Waals surface area contributed by atoms with Crippen LogP contribution in [0, 0.1) is 0 Å². The normalized spacial score (nSPS) is 18.7. The second-order valence-electron chi connectivity index (χ2n) is 4.04. The summed E-state index contributed by atoms with van der Waals surface area (Å²) in [4.78, 5) is 0. The molecule has 0 fully saturated rings. The fourth-order valence-corrected chi connectivity index (χ4v) is 2.23. The van der Waals surface area contributed by atoms with E-state index in [0.717, 1.165) is 29.9 Å². The Morgan fingerprint density at radius 1 is 1.41 bits per heavy atom. The molecule has 0 bridgehead atoms. The number of hydrazone groups is 1. The maximum Gasteiger partial charge on any atom is 0.119 e. The fraction of sp³-hybridized carbons (Fsp3) is 0.357. The van der Waals surface area contributed by atoms with Crippen LogP contribution in [0.1, 0.15) is 31.4 Å². The van der Waals surface area contributed by atoms with Gasteiger partial charge in [-0.15, -0.1) is 0 Å². The van der Waals surface area contributed by atoms with E-state index in [4.69, 9.17) is 10.6 Å². The van der Waals surface area contributed by atoms with Gasteiger partial charge in [0.15, 0.2) is 0 Å². The molecule has 0 amide bonds. The fourth-order valence-electron chi connectivity index (χ4n) is 2.23. The summed E-state index contributed by atoms with van der Waals surface area (Å²) in [6, 6.07) is 6.10. The third-order valence-electron chi connectivity index (χ3n) is 2.91. The summed E-state index contributed by atoms with van der Waals surface area (Å²) in [5.41, 5.74) is 4.53. The number of fused-ring (bicyclic) bond motifs is 1. The summed E-state index contributed by atoms with van der Waals surface area (Å²) in [7, 11) is 0. The molecule has 1 aliphatic rings. The summed E-state index contributed by atoms with van der Waals surface area (Å²) in [5.74, 6) is 6.40. The molecule has 0 saturated carbocycles. The van der Waals surface area contributed by atoms with Crippen LogP contribution < -0.4 is 10.6 Å². The van der Waals surface area contributed by atoms with E-state index < -0.39 is 0 Å². The number of hydrogen-bond donors (Lipinski definition) is 1. The molecule has 2 N–H and O–H groups in total. The van der Waals surface area contributed by atoms with Crippen LogP contribution in [0.15, 0.2) is 34.9 Å². The maximum absolute atomic E-state index is 5.50. The first kappa shape index (κ1) is 11.7. The zero-order valence-electron chi connectivity index (χ0n) is 10.4. The Balaban J connectivity index is 2.39. The van der Waals surface area contributed by atoms with E-state index in [1.54, 1.807) is 0 Å². The number of rotatable bonds is 3. The molecule has 0 aliphatic heterocycles. The van der Waals surface area contributed by atoms with Gasteiger partial charge < -0.3 is 10.6 Å². The first-order valence-electron chi connectivity index (χ1n) is 6.03. The highest BCUT2D eigenvalue weighted by Crippen LogP contribution is 2.30. The molecule has 0 atom stereocenters. The molecule has 0 heterocycles. The van der Waals surface area contributed by atoms with Gasteiger partial charge in [0.2, 0.25) is 0 Å². The van der Waals surface area contributed by atoms with E-state index >= 15 is 0 Å². The Morgan fingerprint density at radius 3 is 2.88 bits per heavy atom. The molecule has 0 aromatic heterocycles. The van der Waals surface area contributed by atoms with Crippen molar-refractivity contribution in [2.45, 2.75) is 26.7 Å². The van der Waals surface area contributed by atoms with E-state index in [2.05, 4.69) is 24.2 Å². The summed E-state index contributed by atoms with van der Waals surface area (Å²) < 4.78 is 5.50. The molecular formula is C14H18N2O. The number of nitrogens with two attached hydrogens (primary N) is 1. The Kier molecular flexibility index (Phi) is 3.47. The standard InChI is InChI=1S/C14H18N2O/c1-3-5-10-8-11-9-12(17-4-2)6-7-13(11)14(10)16-15/h5-7,9H,3-4,8,15H2,1-2H3/b10-5-,16-14+. The molecule has 2 rings (SSSR count). The molecule has 0 saturated heterocycles. The van der Waals surface area contributed by atoms with Crippen molar-refractivity contribution in [1.29, 1.82) is 0 Å². The Hall–Kier alpha value is -1.77. The van der Waals surface area contributed by atoms with Gasteiger partial charge in [0.05, 0.1) is 12.3 Å². The molecular weight excluding hydrogens is 212 g/mol. The van der Waals surface area contributed by atoms with Crippen LogP contribution >= 0.6 is 0 Å². The zero-order chi connectivity index (χ0) is 12.3. The molecule has 0 spiro atoms. The van der Waals surface area contributed by atoms with E-state index in [0.29, 0.717) is 6.61 Å². The second kappa shape index (κ2) is 5.04. The Labute approximate surface area is 102 Å². The summed E-state index contributed by atoms with van der Waals surface area (Å²) in [6.07, 6.45) is 4.09. The highest BCUT2D eigenvalue weighted by molar-refractivity contribution is 6.16. The average Bonchev–Trinajstić information content (AvgIpc) is 2.66. The number of allylic oxidation sites excluding steroid dienone is 2. The van der Waals surface area contributed by atoms with E-state index in [-0.39, 0.29) is 0 Å². The minimum Gasteiger partial charge on any atom is -0.494 e. The Morgan fingerprint density at radius 2 is 2.24 bits per heavy atom. The van der Waals surface area contributed by atoms with Crippen LogP contribution in [-0.4, -0.2) is 12.3 Å². The summed E-state index contributed by atoms with van der Waals surface area (Å²) in [6.45, 7) is 4.80. The number of nitrogens with zero attached hydrogens (tertiary/aromatic N) is 1. The SMILES string of the molecule is CC/C=C1/Cc2cc(OCC)ccc2/C1=N/N. The van der Waals surface area contributed by atoms with Crippen molar-refractivity contribution in [3.05, 3.63) is 41.0 Å². The van der Waals surface area contributed by atoms with Crippen LogP contribution in [0.4, 0.5) is 0 Å². The van der Waals surface area contributed by atoms with Gasteiger partial charge in [-0.1, -0.05) is 13.0 Å². The van der Waals surface area contributed by atoms with Gasteiger partial charge in [-0.25, -0.2) is 0 Å². The molecule has 3 nitrogen and oxygen atoms in total. The van der Waals surface area contributed by atoms with Crippen molar-refractivity contribution in [2.24, 2.45) is 10.9 Å². The lowest BCUT2D eigenvalue weighted by Gasteiger charge is -2.04. The highest BCUT2D eigenvalue weighted by atomic mass is 16.5. The number of benzene rings is 1. The third kappa shape index (κ3) is 2.18. The molecule has 1 aromatic carbocycles. The van der Waals surface area contributed by atoms with Crippen LogP contribution in [0.2, 0.25) is 0 Å². The minimum atomic E-state index is 0.689.